The van der Waals surface area contributed by atoms with Gasteiger partial charge in [-0.25, -0.2) is 4.68 Å². The maximum absolute atomic E-state index is 13.1. The third kappa shape index (κ3) is 4.16. The number of rotatable bonds is 4. The highest BCUT2D eigenvalue weighted by atomic mass is 32.2. The number of hydrazine groups is 1. The van der Waals surface area contributed by atoms with E-state index in [0.29, 0.717) is 10.6 Å². The third-order valence-corrected chi connectivity index (χ3v) is 11.6. The number of nitrogens with one attached hydrogen (secondary N) is 3. The molecule has 3 heterocycles. The summed E-state index contributed by atoms with van der Waals surface area (Å²) >= 11 is 7.19. The largest absolute Gasteiger partial charge is 0.287 e. The molecule has 0 saturated carbocycles. The van der Waals surface area contributed by atoms with Crippen molar-refractivity contribution >= 4 is 58.4 Å². The number of carbonyl (C=O) groups is 2. The summed E-state index contributed by atoms with van der Waals surface area (Å²) in [6.45, 7) is 0. The fourth-order valence-electron chi connectivity index (χ4n) is 4.28. The van der Waals surface area contributed by atoms with E-state index in [1.54, 1.807) is 36.0 Å². The van der Waals surface area contributed by atoms with E-state index >= 15 is 0 Å². The van der Waals surface area contributed by atoms with Crippen LogP contribution in [0.15, 0.2) is 45.4 Å². The summed E-state index contributed by atoms with van der Waals surface area (Å²) in [7, 11) is 0. The maximum atomic E-state index is 13.1. The molecule has 2 aliphatic rings. The molecule has 7 nitrogen and oxygen atoms in total. The van der Waals surface area contributed by atoms with Gasteiger partial charge in [0.1, 0.15) is 5.69 Å². The number of nitrogens with zero attached hydrogens (tertiary/aromatic N) is 1. The zero-order valence-corrected chi connectivity index (χ0v) is 21.1. The van der Waals surface area contributed by atoms with Gasteiger partial charge < -0.3 is 0 Å². The normalized spacial score (nSPS) is 16.5. The molecule has 0 radical (unpaired) electrons. The van der Waals surface area contributed by atoms with Gasteiger partial charge in [-0.2, -0.15) is 0 Å². The Labute approximate surface area is 207 Å². The van der Waals surface area contributed by atoms with Crippen molar-refractivity contribution in [2.24, 2.45) is 0 Å². The Morgan fingerprint density at radius 2 is 1.85 bits per heavy atom. The molecule has 0 atom stereocenters. The van der Waals surface area contributed by atoms with Gasteiger partial charge in [0.15, 0.2) is 0 Å². The van der Waals surface area contributed by atoms with Crippen LogP contribution in [0.5, 0.6) is 0 Å². The second kappa shape index (κ2) is 9.28. The van der Waals surface area contributed by atoms with Crippen LogP contribution in [0.3, 0.4) is 0 Å². The van der Waals surface area contributed by atoms with E-state index in [1.165, 1.54) is 31.9 Å². The maximum Gasteiger partial charge on any atom is 0.287 e. The molecule has 1 aliphatic heterocycles. The number of hydrogen-bond donors (Lipinski definition) is 3. The molecule has 3 N–H and O–H groups in total. The molecule has 0 bridgehead atoms. The van der Waals surface area contributed by atoms with Crippen LogP contribution in [0.1, 0.15) is 44.1 Å². The summed E-state index contributed by atoms with van der Waals surface area (Å²) < 4.78 is 2.53. The Hall–Kier alpha value is -2.08. The molecule has 2 amide bonds. The molecular formula is C22H22N4O3S4. The molecular weight excluding hydrogens is 497 g/mol. The summed E-state index contributed by atoms with van der Waals surface area (Å²) in [6, 6.07) is 10.2. The van der Waals surface area contributed by atoms with Crippen LogP contribution < -0.4 is 16.4 Å². The first-order valence-corrected chi connectivity index (χ1v) is 14.5. The molecule has 33 heavy (non-hydrogen) atoms. The van der Waals surface area contributed by atoms with Gasteiger partial charge >= 0.3 is 0 Å². The highest BCUT2D eigenvalue weighted by Gasteiger charge is 2.45. The predicted octanol–water partition coefficient (Wildman–Crippen LogP) is 3.99. The molecule has 1 aromatic carbocycles. The number of carbonyl (C=O) groups excluding carboxylic acids is 2. The van der Waals surface area contributed by atoms with E-state index in [-0.39, 0.29) is 21.2 Å². The average molecular weight is 519 g/mol. The Morgan fingerprint density at radius 3 is 2.58 bits per heavy atom. The van der Waals surface area contributed by atoms with Crippen LogP contribution in [0.25, 0.3) is 5.69 Å². The fraction of sp³-hybridized carbons (Fsp3) is 0.318. The number of aromatic amines is 1. The lowest BCUT2D eigenvalue weighted by Gasteiger charge is -2.33. The van der Waals surface area contributed by atoms with Crippen LogP contribution in [0, 0.1) is 0 Å². The molecule has 1 saturated heterocycles. The highest BCUT2D eigenvalue weighted by Crippen LogP contribution is 2.61. The summed E-state index contributed by atoms with van der Waals surface area (Å²) in [5.41, 5.74) is 7.78. The number of H-pyrrole nitrogens is 1. The van der Waals surface area contributed by atoms with Crippen molar-refractivity contribution in [2.45, 2.75) is 27.6 Å². The standard InChI is InChI=1S/C22H22N4O3S4/c1-30-21-17-14(8-5-9-22(17)31-10-11-32-22)18(33-21)20(29)24-23-19(28)15-12-16(27)26(25-15)13-6-3-2-4-7-13/h2-4,6-7,12,25H,5,8-11H2,1H3,(H,23,28)(H,24,29). The lowest BCUT2D eigenvalue weighted by atomic mass is 9.92. The van der Waals surface area contributed by atoms with Crippen LogP contribution in [0.2, 0.25) is 0 Å². The van der Waals surface area contributed by atoms with Gasteiger partial charge in [-0.05, 0) is 43.2 Å². The SMILES string of the molecule is CSc1sc(C(=O)NNC(=O)c2cc(=O)n(-c3ccccc3)[nH]2)c2c1C1(CCC2)SCCS1. The first kappa shape index (κ1) is 22.7. The van der Waals surface area contributed by atoms with Gasteiger partial charge in [-0.1, -0.05) is 18.2 Å². The molecule has 0 unspecified atom stereocenters. The lowest BCUT2D eigenvalue weighted by Crippen LogP contribution is -2.42. The minimum Gasteiger partial charge on any atom is -0.285 e. The number of amides is 2. The van der Waals surface area contributed by atoms with Crippen LogP contribution >= 0.6 is 46.6 Å². The number of hydrogen-bond acceptors (Lipinski definition) is 7. The van der Waals surface area contributed by atoms with E-state index in [9.17, 15) is 14.4 Å². The summed E-state index contributed by atoms with van der Waals surface area (Å²) in [4.78, 5) is 38.6. The molecule has 11 heteroatoms. The average Bonchev–Trinajstić information content (AvgIpc) is 3.56. The minimum absolute atomic E-state index is 0.0596. The van der Waals surface area contributed by atoms with Crippen molar-refractivity contribution in [2.75, 3.05) is 17.8 Å². The van der Waals surface area contributed by atoms with Crippen LogP contribution in [0.4, 0.5) is 0 Å². The van der Waals surface area contributed by atoms with Gasteiger partial charge in [0, 0.05) is 23.1 Å². The van der Waals surface area contributed by atoms with E-state index in [0.717, 1.165) is 36.3 Å². The van der Waals surface area contributed by atoms with Crippen molar-refractivity contribution in [3.63, 3.8) is 0 Å². The van der Waals surface area contributed by atoms with Gasteiger partial charge in [-0.15, -0.1) is 46.6 Å². The molecule has 2 aromatic heterocycles. The topological polar surface area (TPSA) is 96.0 Å². The van der Waals surface area contributed by atoms with Crippen molar-refractivity contribution < 1.29 is 9.59 Å². The Morgan fingerprint density at radius 1 is 1.12 bits per heavy atom. The summed E-state index contributed by atoms with van der Waals surface area (Å²) in [5, 5.41) is 2.79. The molecule has 5 rings (SSSR count). The number of thiophene rings is 1. The lowest BCUT2D eigenvalue weighted by molar-refractivity contribution is 0.0845. The third-order valence-electron chi connectivity index (χ3n) is 5.70. The number of para-hydroxylation sites is 1. The Balaban J connectivity index is 1.34. The zero-order valence-electron chi connectivity index (χ0n) is 17.8. The van der Waals surface area contributed by atoms with Gasteiger partial charge in [-0.3, -0.25) is 30.3 Å². The summed E-state index contributed by atoms with van der Waals surface area (Å²) in [6.07, 6.45) is 5.11. The number of benzene rings is 1. The second-order valence-corrected chi connectivity index (χ2v) is 12.8. The van der Waals surface area contributed by atoms with E-state index in [1.807, 2.05) is 29.6 Å². The number of aromatic nitrogens is 2. The molecule has 1 aliphatic carbocycles. The zero-order chi connectivity index (χ0) is 23.0. The van der Waals surface area contributed by atoms with Gasteiger partial charge in [0.05, 0.1) is 18.9 Å². The first-order valence-electron chi connectivity index (χ1n) is 10.5. The fourth-order valence-corrected chi connectivity index (χ4v) is 10.2. The predicted molar refractivity (Wildman–Crippen MR) is 137 cm³/mol. The summed E-state index contributed by atoms with van der Waals surface area (Å²) in [5.74, 6) is 1.36. The van der Waals surface area contributed by atoms with Crippen LogP contribution in [-0.2, 0) is 10.5 Å². The molecule has 1 spiro atoms. The smallest absolute Gasteiger partial charge is 0.285 e. The Bertz CT molecular complexity index is 1260. The van der Waals surface area contributed by atoms with Gasteiger partial charge in [0.25, 0.3) is 17.4 Å². The van der Waals surface area contributed by atoms with Crippen molar-refractivity contribution in [3.8, 4) is 5.69 Å². The van der Waals surface area contributed by atoms with Crippen LogP contribution in [-0.4, -0.2) is 39.4 Å². The van der Waals surface area contributed by atoms with Gasteiger partial charge in [0.2, 0.25) is 0 Å². The molecule has 172 valence electrons. The van der Waals surface area contributed by atoms with Crippen molar-refractivity contribution in [1.82, 2.24) is 20.6 Å². The highest BCUT2D eigenvalue weighted by molar-refractivity contribution is 8.20. The molecule has 1 fully saturated rings. The first-order chi connectivity index (χ1) is 16.0. The molecule has 3 aromatic rings. The van der Waals surface area contributed by atoms with Crippen molar-refractivity contribution in [3.05, 3.63) is 68.4 Å². The van der Waals surface area contributed by atoms with E-state index in [2.05, 4.69) is 22.2 Å². The Kier molecular flexibility index (Phi) is 6.39. The van der Waals surface area contributed by atoms with Crippen molar-refractivity contribution in [1.29, 1.82) is 0 Å². The van der Waals surface area contributed by atoms with E-state index < -0.39 is 5.91 Å². The number of thioether (sulfide) groups is 3. The monoisotopic (exact) mass is 518 g/mol. The quantitative estimate of drug-likeness (QED) is 0.357. The second-order valence-electron chi connectivity index (χ2n) is 7.67. The van der Waals surface area contributed by atoms with E-state index in [4.69, 9.17) is 0 Å². The minimum atomic E-state index is -0.580. The number of fused-ring (bicyclic) bond motifs is 2.